The van der Waals surface area contributed by atoms with Crippen molar-refractivity contribution in [2.75, 3.05) is 52.2 Å². The Bertz CT molecular complexity index is 600. The van der Waals surface area contributed by atoms with E-state index >= 15 is 0 Å². The number of rotatable bonds is 8. The van der Waals surface area contributed by atoms with Gasteiger partial charge in [0.25, 0.3) is 0 Å². The molecule has 0 unspecified atom stereocenters. The fraction of sp³-hybridized carbons (Fsp3) is 0.579. The standard InChI is InChI=1S/C19H30N4O3/c1-4-23-10-8-15(9-11-23)20-18(24)13-22(2)14-19(25)21-16-6-5-7-17(12-16)26-3/h5-7,12,15H,4,8-11,13-14H2,1-3H3,(H,20,24)(H,21,25). The van der Waals surface area contributed by atoms with Gasteiger partial charge in [-0.15, -0.1) is 0 Å². The lowest BCUT2D eigenvalue weighted by Crippen LogP contribution is -2.47. The van der Waals surface area contributed by atoms with Crippen molar-refractivity contribution in [1.82, 2.24) is 15.1 Å². The van der Waals surface area contributed by atoms with Crippen LogP contribution in [0.4, 0.5) is 5.69 Å². The van der Waals surface area contributed by atoms with Crippen molar-refractivity contribution in [3.63, 3.8) is 0 Å². The highest BCUT2D eigenvalue weighted by Crippen LogP contribution is 2.16. The lowest BCUT2D eigenvalue weighted by molar-refractivity contribution is -0.123. The molecule has 1 aliphatic rings. The molecule has 7 nitrogen and oxygen atoms in total. The van der Waals surface area contributed by atoms with Gasteiger partial charge in [0.2, 0.25) is 11.8 Å². The minimum absolute atomic E-state index is 0.0309. The van der Waals surface area contributed by atoms with Gasteiger partial charge >= 0.3 is 0 Å². The fourth-order valence-corrected chi connectivity index (χ4v) is 3.11. The van der Waals surface area contributed by atoms with E-state index in [1.165, 1.54) is 0 Å². The molecular weight excluding hydrogens is 332 g/mol. The number of piperidine rings is 1. The second-order valence-electron chi connectivity index (χ2n) is 6.73. The lowest BCUT2D eigenvalue weighted by Gasteiger charge is -2.31. The zero-order chi connectivity index (χ0) is 18.9. The van der Waals surface area contributed by atoms with Crippen molar-refractivity contribution >= 4 is 17.5 Å². The molecule has 0 atom stereocenters. The number of likely N-dealkylation sites (tertiary alicyclic amines) is 1. The summed E-state index contributed by atoms with van der Waals surface area (Å²) in [5.74, 6) is 0.492. The van der Waals surface area contributed by atoms with Crippen LogP contribution in [-0.4, -0.2) is 74.5 Å². The summed E-state index contributed by atoms with van der Waals surface area (Å²) >= 11 is 0. The van der Waals surface area contributed by atoms with Crippen LogP contribution in [0.15, 0.2) is 24.3 Å². The number of amides is 2. The van der Waals surface area contributed by atoms with Crippen molar-refractivity contribution in [3.05, 3.63) is 24.3 Å². The van der Waals surface area contributed by atoms with E-state index in [2.05, 4.69) is 22.5 Å². The molecule has 1 aromatic rings. The molecule has 7 heteroatoms. The number of likely N-dealkylation sites (N-methyl/N-ethyl adjacent to an activating group) is 1. The molecule has 0 bridgehead atoms. The highest BCUT2D eigenvalue weighted by atomic mass is 16.5. The first-order chi connectivity index (χ1) is 12.5. The van der Waals surface area contributed by atoms with Gasteiger partial charge in [0.1, 0.15) is 5.75 Å². The predicted molar refractivity (Wildman–Crippen MR) is 102 cm³/mol. The Morgan fingerprint density at radius 2 is 1.92 bits per heavy atom. The number of hydrogen-bond donors (Lipinski definition) is 2. The van der Waals surface area contributed by atoms with Crippen LogP contribution in [0.3, 0.4) is 0 Å². The monoisotopic (exact) mass is 362 g/mol. The Morgan fingerprint density at radius 3 is 2.58 bits per heavy atom. The van der Waals surface area contributed by atoms with Gasteiger partial charge in [-0.1, -0.05) is 13.0 Å². The van der Waals surface area contributed by atoms with Gasteiger partial charge in [-0.3, -0.25) is 14.5 Å². The average Bonchev–Trinajstić information content (AvgIpc) is 2.62. The van der Waals surface area contributed by atoms with Gasteiger partial charge in [0, 0.05) is 30.9 Å². The first-order valence-electron chi connectivity index (χ1n) is 9.14. The van der Waals surface area contributed by atoms with Crippen molar-refractivity contribution < 1.29 is 14.3 Å². The number of benzene rings is 1. The first-order valence-corrected chi connectivity index (χ1v) is 9.14. The van der Waals surface area contributed by atoms with Gasteiger partial charge in [0.05, 0.1) is 20.2 Å². The van der Waals surface area contributed by atoms with E-state index in [1.54, 1.807) is 31.2 Å². The van der Waals surface area contributed by atoms with Crippen LogP contribution in [0.1, 0.15) is 19.8 Å². The third-order valence-corrected chi connectivity index (χ3v) is 4.58. The highest BCUT2D eigenvalue weighted by Gasteiger charge is 2.20. The topological polar surface area (TPSA) is 73.9 Å². The molecule has 26 heavy (non-hydrogen) atoms. The third-order valence-electron chi connectivity index (χ3n) is 4.58. The highest BCUT2D eigenvalue weighted by molar-refractivity contribution is 5.92. The second-order valence-corrected chi connectivity index (χ2v) is 6.73. The van der Waals surface area contributed by atoms with Crippen LogP contribution in [0.5, 0.6) is 5.75 Å². The van der Waals surface area contributed by atoms with Crippen molar-refractivity contribution in [2.45, 2.75) is 25.8 Å². The molecule has 2 N–H and O–H groups in total. The molecule has 0 saturated carbocycles. The van der Waals surface area contributed by atoms with E-state index in [0.717, 1.165) is 32.5 Å². The van der Waals surface area contributed by atoms with Crippen LogP contribution < -0.4 is 15.4 Å². The number of hydrogen-bond acceptors (Lipinski definition) is 5. The van der Waals surface area contributed by atoms with Crippen LogP contribution >= 0.6 is 0 Å². The SMILES string of the molecule is CCN1CCC(NC(=O)CN(C)CC(=O)Nc2cccc(OC)c2)CC1. The van der Waals surface area contributed by atoms with E-state index < -0.39 is 0 Å². The number of ether oxygens (including phenoxy) is 1. The molecule has 1 aliphatic heterocycles. The zero-order valence-corrected chi connectivity index (χ0v) is 16.0. The smallest absolute Gasteiger partial charge is 0.238 e. The Labute approximate surface area is 155 Å². The van der Waals surface area contributed by atoms with Gasteiger partial charge in [-0.25, -0.2) is 0 Å². The number of carbonyl (C=O) groups excluding carboxylic acids is 2. The second kappa shape index (κ2) is 10.1. The summed E-state index contributed by atoms with van der Waals surface area (Å²) < 4.78 is 5.14. The van der Waals surface area contributed by atoms with Crippen LogP contribution in [0, 0.1) is 0 Å². The number of anilines is 1. The maximum Gasteiger partial charge on any atom is 0.238 e. The summed E-state index contributed by atoms with van der Waals surface area (Å²) in [7, 11) is 3.35. The van der Waals surface area contributed by atoms with Crippen LogP contribution in [0.2, 0.25) is 0 Å². The van der Waals surface area contributed by atoms with E-state index in [0.29, 0.717) is 11.4 Å². The molecular formula is C19H30N4O3. The molecule has 0 spiro atoms. The summed E-state index contributed by atoms with van der Waals surface area (Å²) in [5.41, 5.74) is 0.676. The zero-order valence-electron chi connectivity index (χ0n) is 16.0. The largest absolute Gasteiger partial charge is 0.497 e. The maximum atomic E-state index is 12.2. The quantitative estimate of drug-likeness (QED) is 0.726. The number of nitrogens with zero attached hydrogens (tertiary/aromatic N) is 2. The molecule has 1 aromatic carbocycles. The van der Waals surface area contributed by atoms with Gasteiger partial charge < -0.3 is 20.3 Å². The molecule has 1 fully saturated rings. The molecule has 1 saturated heterocycles. The van der Waals surface area contributed by atoms with Crippen LogP contribution in [0.25, 0.3) is 0 Å². The molecule has 0 aliphatic carbocycles. The van der Waals surface area contributed by atoms with Crippen molar-refractivity contribution in [1.29, 1.82) is 0 Å². The predicted octanol–water partition coefficient (Wildman–Crippen LogP) is 1.17. The number of methoxy groups -OCH3 is 1. The molecule has 2 rings (SSSR count). The van der Waals surface area contributed by atoms with E-state index in [-0.39, 0.29) is 30.9 Å². The fourth-order valence-electron chi connectivity index (χ4n) is 3.11. The summed E-state index contributed by atoms with van der Waals surface area (Å²) in [4.78, 5) is 28.4. The minimum atomic E-state index is -0.162. The first kappa shape index (κ1) is 20.2. The van der Waals surface area contributed by atoms with Gasteiger partial charge in [-0.2, -0.15) is 0 Å². The Hall–Kier alpha value is -2.12. The van der Waals surface area contributed by atoms with E-state index in [1.807, 2.05) is 12.1 Å². The number of carbonyl (C=O) groups is 2. The summed E-state index contributed by atoms with van der Waals surface area (Å²) in [6.07, 6.45) is 1.97. The van der Waals surface area contributed by atoms with Crippen LogP contribution in [-0.2, 0) is 9.59 Å². The molecule has 144 valence electrons. The van der Waals surface area contributed by atoms with E-state index in [9.17, 15) is 9.59 Å². The van der Waals surface area contributed by atoms with Crippen molar-refractivity contribution in [2.24, 2.45) is 0 Å². The summed E-state index contributed by atoms with van der Waals surface area (Å²) in [6, 6.07) is 7.43. The average molecular weight is 362 g/mol. The number of nitrogens with one attached hydrogen (secondary N) is 2. The Morgan fingerprint density at radius 1 is 1.23 bits per heavy atom. The Kier molecular flexibility index (Phi) is 7.87. The molecule has 2 amide bonds. The third kappa shape index (κ3) is 6.65. The van der Waals surface area contributed by atoms with E-state index in [4.69, 9.17) is 4.74 Å². The lowest BCUT2D eigenvalue weighted by atomic mass is 10.1. The van der Waals surface area contributed by atoms with Gasteiger partial charge in [-0.05, 0) is 38.6 Å². The normalized spacial score (nSPS) is 15.7. The minimum Gasteiger partial charge on any atom is -0.497 e. The Balaban J connectivity index is 1.70. The van der Waals surface area contributed by atoms with Gasteiger partial charge in [0.15, 0.2) is 0 Å². The molecule has 0 radical (unpaired) electrons. The molecule has 0 aromatic heterocycles. The summed E-state index contributed by atoms with van der Waals surface area (Å²) in [5, 5.41) is 5.89. The maximum absolute atomic E-state index is 12.2. The molecule has 1 heterocycles. The summed E-state index contributed by atoms with van der Waals surface area (Å²) in [6.45, 7) is 5.63. The van der Waals surface area contributed by atoms with Crippen molar-refractivity contribution in [3.8, 4) is 5.75 Å².